The Morgan fingerprint density at radius 3 is 2.36 bits per heavy atom. The Morgan fingerprint density at radius 2 is 1.77 bits per heavy atom. The van der Waals surface area contributed by atoms with Crippen LogP contribution in [-0.4, -0.2) is 77.2 Å². The summed E-state index contributed by atoms with van der Waals surface area (Å²) in [6, 6.07) is 10.8. The number of halogens is 4. The fraction of sp³-hybridized carbons (Fsp3) is 0.412. The predicted octanol–water partition coefficient (Wildman–Crippen LogP) is 6.64. The number of aromatic nitrogens is 3. The lowest BCUT2D eigenvalue weighted by Gasteiger charge is -2.44. The zero-order valence-electron chi connectivity index (χ0n) is 26.0. The Balaban J connectivity index is 1.35. The van der Waals surface area contributed by atoms with E-state index in [9.17, 15) is 32.3 Å². The summed E-state index contributed by atoms with van der Waals surface area (Å²) in [7, 11) is 3.55. The first-order valence-electron chi connectivity index (χ1n) is 15.5. The molecule has 0 spiro atoms. The van der Waals surface area contributed by atoms with E-state index in [0.717, 1.165) is 31.4 Å². The number of fused-ring (bicyclic) bond motifs is 1. The third-order valence-electron chi connectivity index (χ3n) is 9.35. The van der Waals surface area contributed by atoms with Gasteiger partial charge < -0.3 is 24.6 Å². The van der Waals surface area contributed by atoms with Gasteiger partial charge in [-0.15, -0.1) is 0 Å². The Labute approximate surface area is 268 Å². The molecule has 47 heavy (non-hydrogen) atoms. The second kappa shape index (κ2) is 12.6. The number of piperidine rings is 1. The summed E-state index contributed by atoms with van der Waals surface area (Å²) in [5.41, 5.74) is 1.49. The van der Waals surface area contributed by atoms with Crippen molar-refractivity contribution < 1.29 is 37.0 Å². The zero-order chi connectivity index (χ0) is 33.5. The number of carbonyl (C=O) groups excluding carboxylic acids is 1. The number of hydrogen-bond donors (Lipinski definition) is 2. The average molecular weight is 654 g/mol. The number of pyridine rings is 1. The van der Waals surface area contributed by atoms with Gasteiger partial charge in [-0.2, -0.15) is 13.2 Å². The van der Waals surface area contributed by atoms with Gasteiger partial charge in [0.25, 0.3) is 5.91 Å². The van der Waals surface area contributed by atoms with Gasteiger partial charge in [0, 0.05) is 55.9 Å². The number of aliphatic carboxylic acids is 1. The van der Waals surface area contributed by atoms with Gasteiger partial charge in [-0.25, -0.2) is 14.4 Å². The molecule has 1 saturated carbocycles. The number of aromatic amines is 1. The highest BCUT2D eigenvalue weighted by molar-refractivity contribution is 5.95. The van der Waals surface area contributed by atoms with Gasteiger partial charge in [0.2, 0.25) is 0 Å². The first kappa shape index (κ1) is 32.4. The maximum Gasteiger partial charge on any atom is 0.416 e. The molecule has 0 atom stereocenters. The van der Waals surface area contributed by atoms with Crippen molar-refractivity contribution in [3.8, 4) is 22.6 Å². The molecule has 1 aliphatic carbocycles. The van der Waals surface area contributed by atoms with Crippen molar-refractivity contribution in [1.29, 1.82) is 0 Å². The number of hydrogen-bond acceptors (Lipinski definition) is 6. The molecule has 4 aromatic rings. The van der Waals surface area contributed by atoms with Crippen molar-refractivity contribution in [2.24, 2.45) is 11.3 Å². The molecule has 1 aliphatic heterocycles. The van der Waals surface area contributed by atoms with Crippen LogP contribution in [0, 0.1) is 17.2 Å². The van der Waals surface area contributed by atoms with Crippen molar-refractivity contribution >= 4 is 28.7 Å². The number of carbonyl (C=O) groups is 2. The number of rotatable bonds is 9. The molecule has 2 N–H and O–H groups in total. The first-order chi connectivity index (χ1) is 22.4. The molecule has 13 heteroatoms. The van der Waals surface area contributed by atoms with Gasteiger partial charge in [0.1, 0.15) is 17.2 Å². The summed E-state index contributed by atoms with van der Waals surface area (Å²) in [6.45, 7) is 1.92. The third kappa shape index (κ3) is 6.67. The molecule has 1 amide bonds. The summed E-state index contributed by atoms with van der Waals surface area (Å²) in [6.07, 6.45) is -0.901. The third-order valence-corrected chi connectivity index (χ3v) is 9.35. The highest BCUT2D eigenvalue weighted by Gasteiger charge is 2.39. The lowest BCUT2D eigenvalue weighted by atomic mass is 9.69. The number of methoxy groups -OCH3 is 1. The van der Waals surface area contributed by atoms with Gasteiger partial charge in [-0.3, -0.25) is 9.59 Å². The van der Waals surface area contributed by atoms with Crippen molar-refractivity contribution in [1.82, 2.24) is 19.9 Å². The quantitative estimate of drug-likeness (QED) is 0.195. The van der Waals surface area contributed by atoms with Crippen molar-refractivity contribution in [2.45, 2.75) is 38.3 Å². The number of likely N-dealkylation sites (tertiary alicyclic amines) is 1. The summed E-state index contributed by atoms with van der Waals surface area (Å²) in [5, 5.41) is 9.25. The number of carboxylic acid groups (broad SMARTS) is 1. The molecule has 3 heterocycles. The molecule has 2 fully saturated rings. The Morgan fingerprint density at radius 1 is 1.06 bits per heavy atom. The van der Waals surface area contributed by atoms with E-state index in [4.69, 9.17) is 4.74 Å². The van der Waals surface area contributed by atoms with E-state index in [1.165, 1.54) is 0 Å². The van der Waals surface area contributed by atoms with Gasteiger partial charge in [0.15, 0.2) is 5.65 Å². The van der Waals surface area contributed by atoms with Gasteiger partial charge in [-0.1, -0.05) is 18.6 Å². The van der Waals surface area contributed by atoms with E-state index in [0.29, 0.717) is 73.3 Å². The van der Waals surface area contributed by atoms with E-state index in [1.807, 2.05) is 11.9 Å². The minimum Gasteiger partial charge on any atom is -0.481 e. The lowest BCUT2D eigenvalue weighted by Crippen LogP contribution is -2.44. The molecule has 248 valence electrons. The minimum atomic E-state index is -4.74. The second-order valence-corrected chi connectivity index (χ2v) is 12.7. The van der Waals surface area contributed by atoms with Crippen LogP contribution in [0.1, 0.15) is 48.0 Å². The summed E-state index contributed by atoms with van der Waals surface area (Å²) >= 11 is 0. The summed E-state index contributed by atoms with van der Waals surface area (Å²) in [4.78, 5) is 40.6. The molecule has 2 aromatic carbocycles. The topological polar surface area (TPSA) is 112 Å². The highest BCUT2D eigenvalue weighted by atomic mass is 19.4. The van der Waals surface area contributed by atoms with E-state index >= 15 is 0 Å². The van der Waals surface area contributed by atoms with Crippen LogP contribution in [0.25, 0.3) is 33.8 Å². The molecule has 1 saturated heterocycles. The molecule has 0 bridgehead atoms. The lowest BCUT2D eigenvalue weighted by molar-refractivity contribution is -0.143. The fourth-order valence-electron chi connectivity index (χ4n) is 6.66. The van der Waals surface area contributed by atoms with Crippen LogP contribution in [0.5, 0.6) is 0 Å². The van der Waals surface area contributed by atoms with Gasteiger partial charge in [-0.05, 0) is 62.1 Å². The van der Waals surface area contributed by atoms with Crippen LogP contribution >= 0.6 is 0 Å². The standard InChI is InChI=1S/C34H35F4N5O4/c1-42(18-33(19-47-2)10-3-11-33)27-17-26(23-14-24(34(36,37)38)16-25(35)15-23)39-30-28(27)40-29(41-30)20-4-6-21(7-5-20)31(44)43-12-8-22(9-13-43)32(45)46/h4-7,14-17,22H,3,8-13,18-19H2,1-2H3,(H,45,46)(H,39,40,41). The molecule has 6 rings (SSSR count). The van der Waals surface area contributed by atoms with Crippen molar-refractivity contribution in [2.75, 3.05) is 45.3 Å². The number of carboxylic acids is 1. The number of anilines is 1. The average Bonchev–Trinajstić information content (AvgIpc) is 3.46. The van der Waals surface area contributed by atoms with Crippen LogP contribution < -0.4 is 4.90 Å². The molecule has 0 unspecified atom stereocenters. The second-order valence-electron chi connectivity index (χ2n) is 12.7. The van der Waals surface area contributed by atoms with Crippen LogP contribution in [0.15, 0.2) is 48.5 Å². The van der Waals surface area contributed by atoms with Crippen LogP contribution in [-0.2, 0) is 15.7 Å². The Bertz CT molecular complexity index is 1790. The zero-order valence-corrected chi connectivity index (χ0v) is 26.0. The molecule has 0 radical (unpaired) electrons. The molecule has 9 nitrogen and oxygen atoms in total. The van der Waals surface area contributed by atoms with Crippen LogP contribution in [0.2, 0.25) is 0 Å². The Hall–Kier alpha value is -4.52. The van der Waals surface area contributed by atoms with E-state index in [1.54, 1.807) is 42.3 Å². The SMILES string of the molecule is COCC1(CN(C)c2cc(-c3cc(F)cc(C(F)(F)F)c3)nc3nc(-c4ccc(C(=O)N5CCC(C(=O)O)CC5)cc4)[nH]c23)CCC1. The van der Waals surface area contributed by atoms with Crippen molar-refractivity contribution in [3.63, 3.8) is 0 Å². The predicted molar refractivity (Wildman–Crippen MR) is 167 cm³/mol. The number of nitrogens with one attached hydrogen (secondary N) is 1. The fourth-order valence-corrected chi connectivity index (χ4v) is 6.66. The monoisotopic (exact) mass is 653 g/mol. The van der Waals surface area contributed by atoms with Crippen LogP contribution in [0.4, 0.5) is 23.2 Å². The minimum absolute atomic E-state index is 0.0241. The number of H-pyrrole nitrogens is 1. The molecule has 2 aliphatic rings. The number of amides is 1. The van der Waals surface area contributed by atoms with E-state index in [-0.39, 0.29) is 28.2 Å². The maximum atomic E-state index is 14.4. The summed E-state index contributed by atoms with van der Waals surface area (Å²) in [5.74, 6) is -2.06. The number of imidazole rings is 1. The molecule has 2 aromatic heterocycles. The smallest absolute Gasteiger partial charge is 0.416 e. The first-order valence-corrected chi connectivity index (χ1v) is 15.5. The summed E-state index contributed by atoms with van der Waals surface area (Å²) < 4.78 is 60.7. The number of ether oxygens (including phenoxy) is 1. The number of alkyl halides is 3. The van der Waals surface area contributed by atoms with Crippen LogP contribution in [0.3, 0.4) is 0 Å². The maximum absolute atomic E-state index is 14.4. The molecular weight excluding hydrogens is 618 g/mol. The largest absolute Gasteiger partial charge is 0.481 e. The van der Waals surface area contributed by atoms with Gasteiger partial charge in [0.05, 0.1) is 29.5 Å². The van der Waals surface area contributed by atoms with E-state index < -0.39 is 29.4 Å². The number of nitrogens with zero attached hydrogens (tertiary/aromatic N) is 4. The molecular formula is C34H35F4N5O4. The highest BCUT2D eigenvalue weighted by Crippen LogP contribution is 2.43. The van der Waals surface area contributed by atoms with E-state index in [2.05, 4.69) is 15.0 Å². The number of benzene rings is 2. The Kier molecular flexibility index (Phi) is 8.68. The normalized spacial score (nSPS) is 16.7. The van der Waals surface area contributed by atoms with Gasteiger partial charge >= 0.3 is 12.1 Å². The van der Waals surface area contributed by atoms with Crippen molar-refractivity contribution in [3.05, 3.63) is 65.5 Å².